The maximum Gasteiger partial charge on any atom is 0.0564 e. The maximum absolute atomic E-state index is 4.45. The number of pyridine rings is 1. The van der Waals surface area contributed by atoms with Gasteiger partial charge in [0.25, 0.3) is 0 Å². The number of anilines is 1. The van der Waals surface area contributed by atoms with Crippen molar-refractivity contribution in [1.82, 2.24) is 9.88 Å². The maximum atomic E-state index is 4.45. The molecule has 0 atom stereocenters. The zero-order chi connectivity index (χ0) is 12.1. The van der Waals surface area contributed by atoms with Gasteiger partial charge in [-0.15, -0.1) is 0 Å². The van der Waals surface area contributed by atoms with Gasteiger partial charge < -0.3 is 5.32 Å². The van der Waals surface area contributed by atoms with Gasteiger partial charge in [-0.05, 0) is 38.4 Å². The van der Waals surface area contributed by atoms with Crippen molar-refractivity contribution in [3.8, 4) is 0 Å². The van der Waals surface area contributed by atoms with Gasteiger partial charge >= 0.3 is 0 Å². The van der Waals surface area contributed by atoms with Crippen LogP contribution in [0.25, 0.3) is 0 Å². The van der Waals surface area contributed by atoms with Crippen molar-refractivity contribution < 1.29 is 0 Å². The van der Waals surface area contributed by atoms with Gasteiger partial charge in [-0.2, -0.15) is 0 Å². The van der Waals surface area contributed by atoms with Crippen molar-refractivity contribution in [3.63, 3.8) is 0 Å². The molecule has 1 aromatic heterocycles. The Bertz CT molecular complexity index is 347. The Kier molecular flexibility index (Phi) is 4.37. The molecule has 0 bridgehead atoms. The lowest BCUT2D eigenvalue weighted by Crippen LogP contribution is -2.36. The molecule has 0 amide bonds. The highest BCUT2D eigenvalue weighted by Gasteiger charge is 2.21. The SMILES string of the molecule is CCCNc1ccnc(CN(C)C2CCC2)c1. The Morgan fingerprint density at radius 2 is 2.29 bits per heavy atom. The van der Waals surface area contributed by atoms with E-state index >= 15 is 0 Å². The van der Waals surface area contributed by atoms with Crippen LogP contribution >= 0.6 is 0 Å². The van der Waals surface area contributed by atoms with E-state index in [1.54, 1.807) is 0 Å². The Balaban J connectivity index is 1.90. The molecule has 0 spiro atoms. The molecule has 1 saturated carbocycles. The molecular weight excluding hydrogens is 210 g/mol. The highest BCUT2D eigenvalue weighted by Crippen LogP contribution is 2.24. The number of nitrogens with zero attached hydrogens (tertiary/aromatic N) is 2. The quantitative estimate of drug-likeness (QED) is 0.819. The molecule has 3 heteroatoms. The fourth-order valence-corrected chi connectivity index (χ4v) is 2.16. The minimum Gasteiger partial charge on any atom is -0.385 e. The van der Waals surface area contributed by atoms with E-state index in [9.17, 15) is 0 Å². The largest absolute Gasteiger partial charge is 0.385 e. The molecule has 0 saturated heterocycles. The van der Waals surface area contributed by atoms with Gasteiger partial charge in [-0.25, -0.2) is 0 Å². The molecule has 1 heterocycles. The van der Waals surface area contributed by atoms with Crippen LogP contribution in [0.1, 0.15) is 38.3 Å². The number of nitrogens with one attached hydrogen (secondary N) is 1. The summed E-state index contributed by atoms with van der Waals surface area (Å²) in [5, 5.41) is 3.41. The van der Waals surface area contributed by atoms with Crippen LogP contribution in [0, 0.1) is 0 Å². The van der Waals surface area contributed by atoms with Crippen molar-refractivity contribution in [2.24, 2.45) is 0 Å². The second-order valence-electron chi connectivity index (χ2n) is 4.96. The summed E-state index contributed by atoms with van der Waals surface area (Å²) in [4.78, 5) is 6.87. The molecule has 1 fully saturated rings. The summed E-state index contributed by atoms with van der Waals surface area (Å²) in [5.74, 6) is 0. The van der Waals surface area contributed by atoms with Gasteiger partial charge in [0.1, 0.15) is 0 Å². The normalized spacial score (nSPS) is 15.9. The molecule has 17 heavy (non-hydrogen) atoms. The molecule has 1 aliphatic rings. The fourth-order valence-electron chi connectivity index (χ4n) is 2.16. The first-order chi connectivity index (χ1) is 8.29. The first-order valence-corrected chi connectivity index (χ1v) is 6.68. The molecular formula is C14H23N3. The van der Waals surface area contributed by atoms with Gasteiger partial charge in [0, 0.05) is 31.0 Å². The van der Waals surface area contributed by atoms with Gasteiger partial charge in [0.2, 0.25) is 0 Å². The Morgan fingerprint density at radius 1 is 1.47 bits per heavy atom. The van der Waals surface area contributed by atoms with Crippen LogP contribution in [0.3, 0.4) is 0 Å². The van der Waals surface area contributed by atoms with Crippen LogP contribution in [0.4, 0.5) is 5.69 Å². The molecule has 0 aliphatic heterocycles. The Morgan fingerprint density at radius 3 is 2.94 bits per heavy atom. The lowest BCUT2D eigenvalue weighted by Gasteiger charge is -2.34. The third-order valence-electron chi connectivity index (χ3n) is 3.51. The van der Waals surface area contributed by atoms with Crippen LogP contribution in [0.2, 0.25) is 0 Å². The summed E-state index contributed by atoms with van der Waals surface area (Å²) in [7, 11) is 2.21. The zero-order valence-corrected chi connectivity index (χ0v) is 10.9. The van der Waals surface area contributed by atoms with E-state index < -0.39 is 0 Å². The first kappa shape index (κ1) is 12.4. The second-order valence-corrected chi connectivity index (χ2v) is 4.96. The molecule has 2 rings (SSSR count). The number of hydrogen-bond acceptors (Lipinski definition) is 3. The van der Waals surface area contributed by atoms with Gasteiger partial charge in [0.05, 0.1) is 5.69 Å². The zero-order valence-electron chi connectivity index (χ0n) is 10.9. The van der Waals surface area contributed by atoms with Crippen molar-refractivity contribution in [2.75, 3.05) is 18.9 Å². The third-order valence-corrected chi connectivity index (χ3v) is 3.51. The third kappa shape index (κ3) is 3.43. The monoisotopic (exact) mass is 233 g/mol. The summed E-state index contributed by atoms with van der Waals surface area (Å²) >= 11 is 0. The van der Waals surface area contributed by atoms with Gasteiger partial charge in [-0.3, -0.25) is 9.88 Å². The highest BCUT2D eigenvalue weighted by molar-refractivity contribution is 5.43. The van der Waals surface area contributed by atoms with E-state index in [1.807, 2.05) is 12.3 Å². The van der Waals surface area contributed by atoms with Crippen molar-refractivity contribution in [3.05, 3.63) is 24.0 Å². The van der Waals surface area contributed by atoms with Crippen LogP contribution in [0.5, 0.6) is 0 Å². The van der Waals surface area contributed by atoms with E-state index in [4.69, 9.17) is 0 Å². The number of hydrogen-bond donors (Lipinski definition) is 1. The molecule has 0 radical (unpaired) electrons. The average molecular weight is 233 g/mol. The van der Waals surface area contributed by atoms with E-state index in [0.717, 1.165) is 25.6 Å². The summed E-state index contributed by atoms with van der Waals surface area (Å²) < 4.78 is 0. The van der Waals surface area contributed by atoms with E-state index in [0.29, 0.717) is 0 Å². The lowest BCUT2D eigenvalue weighted by molar-refractivity contribution is 0.151. The molecule has 3 nitrogen and oxygen atoms in total. The number of rotatable bonds is 6. The molecule has 1 aromatic rings. The van der Waals surface area contributed by atoms with Crippen molar-refractivity contribution in [1.29, 1.82) is 0 Å². The van der Waals surface area contributed by atoms with Gasteiger partial charge in [0.15, 0.2) is 0 Å². The van der Waals surface area contributed by atoms with Gasteiger partial charge in [-0.1, -0.05) is 13.3 Å². The van der Waals surface area contributed by atoms with Crippen molar-refractivity contribution in [2.45, 2.75) is 45.2 Å². The number of aromatic nitrogens is 1. The topological polar surface area (TPSA) is 28.2 Å². The molecule has 0 aromatic carbocycles. The Hall–Kier alpha value is -1.09. The molecule has 94 valence electrons. The Labute approximate surface area is 104 Å². The van der Waals surface area contributed by atoms with E-state index in [2.05, 4.69) is 35.2 Å². The van der Waals surface area contributed by atoms with Crippen LogP contribution in [-0.2, 0) is 6.54 Å². The first-order valence-electron chi connectivity index (χ1n) is 6.68. The predicted molar refractivity (Wildman–Crippen MR) is 72.1 cm³/mol. The smallest absolute Gasteiger partial charge is 0.0564 e. The van der Waals surface area contributed by atoms with Crippen molar-refractivity contribution >= 4 is 5.69 Å². The molecule has 1 aliphatic carbocycles. The fraction of sp³-hybridized carbons (Fsp3) is 0.643. The summed E-state index contributed by atoms with van der Waals surface area (Å²) in [6.07, 6.45) is 7.15. The summed E-state index contributed by atoms with van der Waals surface area (Å²) in [5.41, 5.74) is 2.36. The highest BCUT2D eigenvalue weighted by atomic mass is 15.1. The van der Waals surface area contributed by atoms with Crippen LogP contribution in [0.15, 0.2) is 18.3 Å². The predicted octanol–water partition coefficient (Wildman–Crippen LogP) is 2.89. The molecule has 1 N–H and O–H groups in total. The standard InChI is InChI=1S/C14H23N3/c1-3-8-15-12-7-9-16-13(10-12)11-17(2)14-5-4-6-14/h7,9-10,14H,3-6,8,11H2,1-2H3,(H,15,16). The van der Waals surface area contributed by atoms with Crippen LogP contribution in [-0.4, -0.2) is 29.5 Å². The molecule has 0 unspecified atom stereocenters. The minimum absolute atomic E-state index is 0.782. The minimum atomic E-state index is 0.782. The van der Waals surface area contributed by atoms with E-state index in [-0.39, 0.29) is 0 Å². The summed E-state index contributed by atoms with van der Waals surface area (Å²) in [6, 6.07) is 5.00. The average Bonchev–Trinajstić information content (AvgIpc) is 2.24. The lowest BCUT2D eigenvalue weighted by atomic mass is 9.92. The summed E-state index contributed by atoms with van der Waals surface area (Å²) in [6.45, 7) is 4.17. The second kappa shape index (κ2) is 6.01. The van der Waals surface area contributed by atoms with E-state index in [1.165, 1.54) is 30.6 Å². The van der Waals surface area contributed by atoms with Crippen LogP contribution < -0.4 is 5.32 Å².